The van der Waals surface area contributed by atoms with Crippen LogP contribution in [0, 0.1) is 0 Å². The number of hydrogen-bond acceptors (Lipinski definition) is 6. The number of carbonyl (C=O) groups is 2. The van der Waals surface area contributed by atoms with Gasteiger partial charge < -0.3 is 24.6 Å². The van der Waals surface area contributed by atoms with Crippen LogP contribution >= 0.6 is 0 Å². The summed E-state index contributed by atoms with van der Waals surface area (Å²) in [5, 5.41) is 9.61. The van der Waals surface area contributed by atoms with Gasteiger partial charge >= 0.3 is 0 Å². The summed E-state index contributed by atoms with van der Waals surface area (Å²) >= 11 is 0. The summed E-state index contributed by atoms with van der Waals surface area (Å²) in [5.74, 6) is 0.424. The summed E-state index contributed by atoms with van der Waals surface area (Å²) in [6, 6.07) is 17.6. The van der Waals surface area contributed by atoms with Crippen molar-refractivity contribution < 1.29 is 23.6 Å². The van der Waals surface area contributed by atoms with Gasteiger partial charge in [0.1, 0.15) is 11.8 Å². The predicted octanol–water partition coefficient (Wildman–Crippen LogP) is 2.99. The molecule has 2 N–H and O–H groups in total. The molecule has 2 aromatic carbocycles. The Morgan fingerprint density at radius 3 is 2.64 bits per heavy atom. The number of nitrogens with one attached hydrogen (secondary N) is 2. The first-order valence-electron chi connectivity index (χ1n) is 11.0. The quantitative estimate of drug-likeness (QED) is 0.521. The molecule has 8 nitrogen and oxygen atoms in total. The second-order valence-corrected chi connectivity index (χ2v) is 7.90. The lowest BCUT2D eigenvalue weighted by Gasteiger charge is -2.19. The first-order chi connectivity index (χ1) is 16.1. The molecule has 0 bridgehead atoms. The SMILES string of the molecule is COc1ccc(-c2cc(C(=O)N[C@@H](Cc3ccccc3)C(=O)NC[C@@H]3CCCO3)no2)cc1. The number of nitrogens with zero attached hydrogens (tertiary/aromatic N) is 1. The van der Waals surface area contributed by atoms with E-state index in [0.29, 0.717) is 31.1 Å². The smallest absolute Gasteiger partial charge is 0.274 e. The fraction of sp³-hybridized carbons (Fsp3) is 0.320. The summed E-state index contributed by atoms with van der Waals surface area (Å²) in [6.07, 6.45) is 2.29. The third kappa shape index (κ3) is 5.98. The number of hydrogen-bond donors (Lipinski definition) is 2. The molecule has 1 saturated heterocycles. The van der Waals surface area contributed by atoms with Crippen LogP contribution in [0.2, 0.25) is 0 Å². The Bertz CT molecular complexity index is 1060. The third-order valence-corrected chi connectivity index (χ3v) is 5.55. The van der Waals surface area contributed by atoms with Crippen molar-refractivity contribution in [3.05, 3.63) is 71.9 Å². The van der Waals surface area contributed by atoms with Gasteiger partial charge in [-0.1, -0.05) is 35.5 Å². The van der Waals surface area contributed by atoms with Gasteiger partial charge in [-0.15, -0.1) is 0 Å². The van der Waals surface area contributed by atoms with E-state index in [1.54, 1.807) is 25.3 Å². The Balaban J connectivity index is 1.44. The molecule has 1 fully saturated rings. The first-order valence-corrected chi connectivity index (χ1v) is 11.0. The number of rotatable bonds is 9. The second kappa shape index (κ2) is 10.8. The van der Waals surface area contributed by atoms with E-state index in [0.717, 1.165) is 24.0 Å². The molecular formula is C25H27N3O5. The molecule has 1 aliphatic rings. The van der Waals surface area contributed by atoms with Gasteiger partial charge in [-0.2, -0.15) is 0 Å². The van der Waals surface area contributed by atoms with Crippen LogP contribution in [-0.2, 0) is 16.0 Å². The van der Waals surface area contributed by atoms with Crippen molar-refractivity contribution in [1.29, 1.82) is 0 Å². The van der Waals surface area contributed by atoms with E-state index >= 15 is 0 Å². The van der Waals surface area contributed by atoms with Gasteiger partial charge in [0.15, 0.2) is 11.5 Å². The van der Waals surface area contributed by atoms with Crippen LogP contribution in [0.15, 0.2) is 65.2 Å². The van der Waals surface area contributed by atoms with Crippen LogP contribution in [0.25, 0.3) is 11.3 Å². The summed E-state index contributed by atoms with van der Waals surface area (Å²) in [4.78, 5) is 25.8. The van der Waals surface area contributed by atoms with Crippen molar-refractivity contribution in [2.45, 2.75) is 31.4 Å². The third-order valence-electron chi connectivity index (χ3n) is 5.55. The molecule has 1 aromatic heterocycles. The molecular weight excluding hydrogens is 422 g/mol. The summed E-state index contributed by atoms with van der Waals surface area (Å²) in [5.41, 5.74) is 1.80. The first kappa shape index (κ1) is 22.5. The largest absolute Gasteiger partial charge is 0.497 e. The Hall–Kier alpha value is -3.65. The van der Waals surface area contributed by atoms with E-state index < -0.39 is 11.9 Å². The number of benzene rings is 2. The fourth-order valence-electron chi connectivity index (χ4n) is 3.71. The lowest BCUT2D eigenvalue weighted by atomic mass is 10.0. The molecule has 0 radical (unpaired) electrons. The van der Waals surface area contributed by atoms with Crippen LogP contribution in [-0.4, -0.2) is 49.4 Å². The topological polar surface area (TPSA) is 103 Å². The van der Waals surface area contributed by atoms with Crippen LogP contribution < -0.4 is 15.4 Å². The molecule has 8 heteroatoms. The second-order valence-electron chi connectivity index (χ2n) is 7.90. The van der Waals surface area contributed by atoms with Crippen molar-refractivity contribution in [1.82, 2.24) is 15.8 Å². The lowest BCUT2D eigenvalue weighted by molar-refractivity contribution is -0.123. The predicted molar refractivity (Wildman–Crippen MR) is 122 cm³/mol. The van der Waals surface area contributed by atoms with Crippen molar-refractivity contribution >= 4 is 11.8 Å². The Morgan fingerprint density at radius 2 is 1.94 bits per heavy atom. The highest BCUT2D eigenvalue weighted by Crippen LogP contribution is 2.23. The average molecular weight is 450 g/mol. The Kier molecular flexibility index (Phi) is 7.36. The minimum Gasteiger partial charge on any atom is -0.497 e. The van der Waals surface area contributed by atoms with Gasteiger partial charge in [-0.05, 0) is 42.7 Å². The molecule has 3 aromatic rings. The van der Waals surface area contributed by atoms with E-state index in [1.807, 2.05) is 42.5 Å². The van der Waals surface area contributed by atoms with E-state index in [2.05, 4.69) is 15.8 Å². The normalized spacial score (nSPS) is 16.2. The number of aromatic nitrogens is 1. The molecule has 1 aliphatic heterocycles. The summed E-state index contributed by atoms with van der Waals surface area (Å²) in [6.45, 7) is 1.14. The van der Waals surface area contributed by atoms with Crippen molar-refractivity contribution in [2.24, 2.45) is 0 Å². The molecule has 33 heavy (non-hydrogen) atoms. The van der Waals surface area contributed by atoms with Gasteiger partial charge in [-0.25, -0.2) is 0 Å². The maximum absolute atomic E-state index is 12.9. The zero-order valence-corrected chi connectivity index (χ0v) is 18.5. The summed E-state index contributed by atoms with van der Waals surface area (Å²) in [7, 11) is 1.59. The van der Waals surface area contributed by atoms with E-state index in [-0.39, 0.29) is 17.7 Å². The zero-order valence-electron chi connectivity index (χ0n) is 18.5. The molecule has 0 saturated carbocycles. The average Bonchev–Trinajstić information content (AvgIpc) is 3.55. The molecule has 2 heterocycles. The van der Waals surface area contributed by atoms with Crippen LogP contribution in [0.1, 0.15) is 28.9 Å². The van der Waals surface area contributed by atoms with E-state index in [4.69, 9.17) is 14.0 Å². The van der Waals surface area contributed by atoms with Gasteiger partial charge in [0.25, 0.3) is 5.91 Å². The van der Waals surface area contributed by atoms with Crippen LogP contribution in [0.5, 0.6) is 5.75 Å². The standard InChI is InChI=1S/C25H27N3O5/c1-31-19-11-9-18(10-12-19)23-15-22(28-33-23)25(30)27-21(14-17-6-3-2-4-7-17)24(29)26-16-20-8-5-13-32-20/h2-4,6-7,9-12,15,20-21H,5,8,13-14,16H2,1H3,(H,26,29)(H,27,30)/t20-,21-/m0/s1. The molecule has 2 atom stereocenters. The highest BCUT2D eigenvalue weighted by Gasteiger charge is 2.25. The zero-order chi connectivity index (χ0) is 23.0. The number of carbonyl (C=O) groups excluding carboxylic acids is 2. The van der Waals surface area contributed by atoms with E-state index in [1.165, 1.54) is 0 Å². The highest BCUT2D eigenvalue weighted by molar-refractivity contribution is 5.96. The van der Waals surface area contributed by atoms with Gasteiger partial charge in [0.2, 0.25) is 5.91 Å². The van der Waals surface area contributed by atoms with Crippen molar-refractivity contribution in [3.8, 4) is 17.1 Å². The van der Waals surface area contributed by atoms with Gasteiger partial charge in [-0.3, -0.25) is 9.59 Å². The molecule has 172 valence electrons. The molecule has 4 rings (SSSR count). The number of ether oxygens (including phenoxy) is 2. The minimum absolute atomic E-state index is 0.0182. The molecule has 2 amide bonds. The fourth-order valence-corrected chi connectivity index (χ4v) is 3.71. The lowest BCUT2D eigenvalue weighted by Crippen LogP contribution is -2.49. The summed E-state index contributed by atoms with van der Waals surface area (Å²) < 4.78 is 16.1. The van der Waals surface area contributed by atoms with Gasteiger partial charge in [0, 0.05) is 31.2 Å². The number of methoxy groups -OCH3 is 1. The molecule has 0 spiro atoms. The maximum Gasteiger partial charge on any atom is 0.274 e. The molecule has 0 unspecified atom stereocenters. The van der Waals surface area contributed by atoms with Crippen molar-refractivity contribution in [2.75, 3.05) is 20.3 Å². The van der Waals surface area contributed by atoms with Crippen molar-refractivity contribution in [3.63, 3.8) is 0 Å². The Labute approximate surface area is 192 Å². The minimum atomic E-state index is -0.762. The highest BCUT2D eigenvalue weighted by atomic mass is 16.5. The van der Waals surface area contributed by atoms with Crippen LogP contribution in [0.3, 0.4) is 0 Å². The van der Waals surface area contributed by atoms with Gasteiger partial charge in [0.05, 0.1) is 13.2 Å². The Morgan fingerprint density at radius 1 is 1.15 bits per heavy atom. The number of amides is 2. The van der Waals surface area contributed by atoms with E-state index in [9.17, 15) is 9.59 Å². The maximum atomic E-state index is 12.9. The monoisotopic (exact) mass is 449 g/mol. The van der Waals surface area contributed by atoms with Crippen LogP contribution in [0.4, 0.5) is 0 Å². The molecule has 0 aliphatic carbocycles.